The van der Waals surface area contributed by atoms with Gasteiger partial charge in [-0.3, -0.25) is 0 Å². The zero-order valence-electron chi connectivity index (χ0n) is 9.57. The molecule has 2 aromatic carbocycles. The van der Waals surface area contributed by atoms with E-state index in [0.29, 0.717) is 31.9 Å². The van der Waals surface area contributed by atoms with Gasteiger partial charge in [0, 0.05) is 5.56 Å². The van der Waals surface area contributed by atoms with Crippen LogP contribution in [0.1, 0.15) is 0 Å². The minimum atomic E-state index is 0.302. The summed E-state index contributed by atoms with van der Waals surface area (Å²) in [5.74, 6) is 0.530. The minimum absolute atomic E-state index is 0.302. The van der Waals surface area contributed by atoms with Crippen LogP contribution in [0.4, 0.5) is 0 Å². The number of fused-ring (bicyclic) bond motifs is 1. The Labute approximate surface area is 125 Å². The van der Waals surface area contributed by atoms with Crippen LogP contribution in [-0.4, -0.2) is 9.97 Å². The highest BCUT2D eigenvalue weighted by Crippen LogP contribution is 2.34. The van der Waals surface area contributed by atoms with Gasteiger partial charge in [-0.1, -0.05) is 65.1 Å². The number of halogens is 3. The molecule has 0 spiro atoms. The highest BCUT2D eigenvalue weighted by molar-refractivity contribution is 6.44. The summed E-state index contributed by atoms with van der Waals surface area (Å²) in [6, 6.07) is 13.0. The summed E-state index contributed by atoms with van der Waals surface area (Å²) in [7, 11) is 0. The van der Waals surface area contributed by atoms with E-state index in [1.165, 1.54) is 0 Å². The zero-order chi connectivity index (χ0) is 13.4. The van der Waals surface area contributed by atoms with Crippen molar-refractivity contribution in [1.82, 2.24) is 9.97 Å². The molecule has 0 N–H and O–H groups in total. The van der Waals surface area contributed by atoms with Crippen LogP contribution in [0.5, 0.6) is 0 Å². The third kappa shape index (κ3) is 2.27. The third-order valence-corrected chi connectivity index (χ3v) is 3.63. The Kier molecular flexibility index (Phi) is 3.31. The third-order valence-electron chi connectivity index (χ3n) is 2.74. The van der Waals surface area contributed by atoms with Crippen LogP contribution in [0.2, 0.25) is 15.2 Å². The predicted octanol–water partition coefficient (Wildman–Crippen LogP) is 5.26. The van der Waals surface area contributed by atoms with Gasteiger partial charge in [0.15, 0.2) is 5.82 Å². The van der Waals surface area contributed by atoms with E-state index in [1.54, 1.807) is 12.1 Å². The highest BCUT2D eigenvalue weighted by Gasteiger charge is 2.13. The number of benzene rings is 2. The summed E-state index contributed by atoms with van der Waals surface area (Å²) >= 11 is 18.5. The van der Waals surface area contributed by atoms with Crippen LogP contribution in [0.3, 0.4) is 0 Å². The number of hydrogen-bond donors (Lipinski definition) is 0. The van der Waals surface area contributed by atoms with Crippen molar-refractivity contribution in [3.8, 4) is 11.4 Å². The molecule has 94 valence electrons. The summed E-state index contributed by atoms with van der Waals surface area (Å²) in [6.45, 7) is 0. The highest BCUT2D eigenvalue weighted by atomic mass is 35.5. The van der Waals surface area contributed by atoms with E-state index in [1.807, 2.05) is 30.3 Å². The molecular formula is C14H7Cl3N2. The Bertz CT molecular complexity index is 757. The summed E-state index contributed by atoms with van der Waals surface area (Å²) in [6.07, 6.45) is 0. The Hall–Kier alpha value is -1.35. The van der Waals surface area contributed by atoms with E-state index in [-0.39, 0.29) is 0 Å². The fourth-order valence-corrected chi connectivity index (χ4v) is 2.60. The van der Waals surface area contributed by atoms with Crippen molar-refractivity contribution in [2.45, 2.75) is 0 Å². The molecule has 0 fully saturated rings. The van der Waals surface area contributed by atoms with Crippen LogP contribution in [0, 0.1) is 0 Å². The van der Waals surface area contributed by atoms with E-state index in [0.717, 1.165) is 5.56 Å². The van der Waals surface area contributed by atoms with Crippen molar-refractivity contribution in [2.24, 2.45) is 0 Å². The van der Waals surface area contributed by atoms with Crippen molar-refractivity contribution >= 4 is 45.7 Å². The number of aromatic nitrogens is 2. The lowest BCUT2D eigenvalue weighted by Gasteiger charge is -2.07. The smallest absolute Gasteiger partial charge is 0.161 e. The lowest BCUT2D eigenvalue weighted by molar-refractivity contribution is 1.23. The Morgan fingerprint density at radius 3 is 2.16 bits per heavy atom. The second-order valence-corrected chi connectivity index (χ2v) is 5.13. The summed E-state index contributed by atoms with van der Waals surface area (Å²) in [4.78, 5) is 8.74. The molecule has 3 aromatic rings. The van der Waals surface area contributed by atoms with E-state index >= 15 is 0 Å². The van der Waals surface area contributed by atoms with E-state index in [9.17, 15) is 0 Å². The topological polar surface area (TPSA) is 25.8 Å². The van der Waals surface area contributed by atoms with Crippen molar-refractivity contribution in [3.05, 3.63) is 57.7 Å². The molecule has 1 aromatic heterocycles. The van der Waals surface area contributed by atoms with Crippen LogP contribution in [0.25, 0.3) is 22.3 Å². The largest absolute Gasteiger partial charge is 0.226 e. The Morgan fingerprint density at radius 1 is 0.737 bits per heavy atom. The van der Waals surface area contributed by atoms with Crippen LogP contribution in [-0.2, 0) is 0 Å². The maximum Gasteiger partial charge on any atom is 0.161 e. The van der Waals surface area contributed by atoms with Gasteiger partial charge < -0.3 is 0 Å². The van der Waals surface area contributed by atoms with Gasteiger partial charge in [-0.15, -0.1) is 0 Å². The summed E-state index contributed by atoms with van der Waals surface area (Å²) in [5.41, 5.74) is 1.44. The first-order valence-corrected chi connectivity index (χ1v) is 6.67. The van der Waals surface area contributed by atoms with Crippen LogP contribution in [0.15, 0.2) is 42.5 Å². The monoisotopic (exact) mass is 308 g/mol. The summed E-state index contributed by atoms with van der Waals surface area (Å²) < 4.78 is 0. The molecular weight excluding hydrogens is 303 g/mol. The molecule has 0 unspecified atom stereocenters. The lowest BCUT2D eigenvalue weighted by atomic mass is 10.2. The molecule has 19 heavy (non-hydrogen) atoms. The van der Waals surface area contributed by atoms with E-state index in [4.69, 9.17) is 34.8 Å². The second kappa shape index (κ2) is 4.97. The minimum Gasteiger partial charge on any atom is -0.226 e. The Balaban J connectivity index is 2.34. The van der Waals surface area contributed by atoms with E-state index < -0.39 is 0 Å². The quantitative estimate of drug-likeness (QED) is 0.573. The van der Waals surface area contributed by atoms with Crippen molar-refractivity contribution in [3.63, 3.8) is 0 Å². The summed E-state index contributed by atoms with van der Waals surface area (Å²) in [5, 5.41) is 1.87. The van der Waals surface area contributed by atoms with Gasteiger partial charge in [-0.05, 0) is 12.1 Å². The van der Waals surface area contributed by atoms with Gasteiger partial charge in [0.25, 0.3) is 0 Å². The van der Waals surface area contributed by atoms with Crippen molar-refractivity contribution in [2.75, 3.05) is 0 Å². The zero-order valence-corrected chi connectivity index (χ0v) is 11.8. The van der Waals surface area contributed by atoms with Crippen LogP contribution < -0.4 is 0 Å². The maximum absolute atomic E-state index is 6.20. The van der Waals surface area contributed by atoms with Gasteiger partial charge in [-0.25, -0.2) is 9.97 Å². The van der Waals surface area contributed by atoms with Crippen molar-refractivity contribution < 1.29 is 0 Å². The molecule has 0 radical (unpaired) electrons. The normalized spacial score (nSPS) is 10.9. The fourth-order valence-electron chi connectivity index (χ4n) is 1.84. The van der Waals surface area contributed by atoms with Gasteiger partial charge in [0.1, 0.15) is 5.15 Å². The maximum atomic E-state index is 6.20. The SMILES string of the molecule is Clc1ccc(Cl)c2c(Cl)nc(-c3ccccc3)nc12. The van der Waals surface area contributed by atoms with Gasteiger partial charge in [0.2, 0.25) is 0 Å². The standard InChI is InChI=1S/C14H7Cl3N2/c15-9-6-7-10(16)12-11(9)13(17)19-14(18-12)8-4-2-1-3-5-8/h1-7H. The fraction of sp³-hybridized carbons (Fsp3) is 0. The molecule has 1 heterocycles. The molecule has 0 atom stereocenters. The van der Waals surface area contributed by atoms with Crippen molar-refractivity contribution in [1.29, 1.82) is 0 Å². The molecule has 0 saturated heterocycles. The van der Waals surface area contributed by atoms with Gasteiger partial charge in [-0.2, -0.15) is 0 Å². The molecule has 2 nitrogen and oxygen atoms in total. The number of hydrogen-bond acceptors (Lipinski definition) is 2. The number of nitrogens with zero attached hydrogens (tertiary/aromatic N) is 2. The van der Waals surface area contributed by atoms with Crippen LogP contribution >= 0.6 is 34.8 Å². The molecule has 0 aliphatic heterocycles. The molecule has 0 amide bonds. The predicted molar refractivity (Wildman–Crippen MR) is 80.0 cm³/mol. The molecule has 0 saturated carbocycles. The number of rotatable bonds is 1. The molecule has 0 aliphatic rings. The average Bonchev–Trinajstić information content (AvgIpc) is 2.43. The first kappa shape index (κ1) is 12.7. The van der Waals surface area contributed by atoms with E-state index in [2.05, 4.69) is 9.97 Å². The van der Waals surface area contributed by atoms with Gasteiger partial charge >= 0.3 is 0 Å². The van der Waals surface area contributed by atoms with Gasteiger partial charge in [0.05, 0.1) is 20.9 Å². The lowest BCUT2D eigenvalue weighted by Crippen LogP contribution is -1.93. The molecule has 5 heteroatoms. The molecule has 0 aliphatic carbocycles. The first-order valence-electron chi connectivity index (χ1n) is 5.53. The molecule has 0 bridgehead atoms. The molecule has 3 rings (SSSR count). The first-order chi connectivity index (χ1) is 9.16. The Morgan fingerprint density at radius 2 is 1.42 bits per heavy atom. The second-order valence-electron chi connectivity index (χ2n) is 3.96. The average molecular weight is 310 g/mol.